The van der Waals surface area contributed by atoms with E-state index in [0.29, 0.717) is 26.2 Å². The summed E-state index contributed by atoms with van der Waals surface area (Å²) >= 11 is 0. The zero-order valence-electron chi connectivity index (χ0n) is 11.0. The van der Waals surface area contributed by atoms with Crippen molar-refractivity contribution in [1.82, 2.24) is 5.32 Å². The van der Waals surface area contributed by atoms with Crippen molar-refractivity contribution in [3.63, 3.8) is 0 Å². The molecule has 0 aromatic heterocycles. The molecule has 0 atom stereocenters. The van der Waals surface area contributed by atoms with Crippen LogP contribution in [0.3, 0.4) is 0 Å². The monoisotopic (exact) mass is 242 g/mol. The minimum atomic E-state index is 0.108. The fourth-order valence-corrected chi connectivity index (χ4v) is 1.38. The van der Waals surface area contributed by atoms with Crippen LogP contribution in [0.25, 0.3) is 0 Å². The molecular formula is C13H26N2O2. The van der Waals surface area contributed by atoms with E-state index in [4.69, 9.17) is 10.5 Å². The fraction of sp³-hybridized carbons (Fsp3) is 0.769. The van der Waals surface area contributed by atoms with Gasteiger partial charge in [-0.25, -0.2) is 0 Å². The van der Waals surface area contributed by atoms with Crippen molar-refractivity contribution in [2.45, 2.75) is 39.0 Å². The number of carbonyl (C=O) groups is 1. The Labute approximate surface area is 105 Å². The van der Waals surface area contributed by atoms with Crippen LogP contribution in [0.5, 0.6) is 0 Å². The molecule has 1 amide bonds. The summed E-state index contributed by atoms with van der Waals surface area (Å²) < 4.78 is 5.27. The summed E-state index contributed by atoms with van der Waals surface area (Å²) in [4.78, 5) is 11.4. The van der Waals surface area contributed by atoms with E-state index in [1.807, 2.05) is 6.92 Å². The van der Waals surface area contributed by atoms with Crippen LogP contribution < -0.4 is 11.1 Å². The van der Waals surface area contributed by atoms with Gasteiger partial charge in [0.05, 0.1) is 13.2 Å². The van der Waals surface area contributed by atoms with Gasteiger partial charge in [0.25, 0.3) is 0 Å². The molecule has 0 radical (unpaired) electrons. The van der Waals surface area contributed by atoms with E-state index >= 15 is 0 Å². The van der Waals surface area contributed by atoms with Crippen molar-refractivity contribution >= 4 is 5.91 Å². The maximum Gasteiger partial charge on any atom is 0.220 e. The van der Waals surface area contributed by atoms with E-state index in [-0.39, 0.29) is 5.91 Å². The average Bonchev–Trinajstić information content (AvgIpc) is 2.28. The van der Waals surface area contributed by atoms with Crippen LogP contribution in [0.15, 0.2) is 12.2 Å². The van der Waals surface area contributed by atoms with Crippen molar-refractivity contribution in [2.24, 2.45) is 5.73 Å². The van der Waals surface area contributed by atoms with Gasteiger partial charge in [0, 0.05) is 13.0 Å². The molecule has 4 nitrogen and oxygen atoms in total. The molecule has 0 spiro atoms. The molecule has 0 saturated heterocycles. The molecule has 0 aromatic rings. The number of unbranched alkanes of at least 4 members (excludes halogenated alkanes) is 3. The van der Waals surface area contributed by atoms with Crippen molar-refractivity contribution in [2.75, 3.05) is 26.3 Å². The predicted molar refractivity (Wildman–Crippen MR) is 70.8 cm³/mol. The molecule has 0 heterocycles. The van der Waals surface area contributed by atoms with Crippen molar-refractivity contribution in [3.05, 3.63) is 12.2 Å². The van der Waals surface area contributed by atoms with Gasteiger partial charge in [-0.1, -0.05) is 25.0 Å². The van der Waals surface area contributed by atoms with Gasteiger partial charge >= 0.3 is 0 Å². The Morgan fingerprint density at radius 3 is 2.65 bits per heavy atom. The zero-order valence-corrected chi connectivity index (χ0v) is 11.0. The Morgan fingerprint density at radius 1 is 1.29 bits per heavy atom. The van der Waals surface area contributed by atoms with E-state index < -0.39 is 0 Å². The van der Waals surface area contributed by atoms with Crippen LogP contribution in [-0.4, -0.2) is 32.2 Å². The van der Waals surface area contributed by atoms with Crippen LogP contribution in [0.2, 0.25) is 0 Å². The molecule has 0 rings (SSSR count). The molecule has 0 aromatic carbocycles. The Kier molecular flexibility index (Phi) is 11.0. The number of hydrogen-bond acceptors (Lipinski definition) is 3. The molecule has 4 heteroatoms. The van der Waals surface area contributed by atoms with Crippen molar-refractivity contribution in [3.8, 4) is 0 Å². The fourth-order valence-electron chi connectivity index (χ4n) is 1.38. The van der Waals surface area contributed by atoms with Gasteiger partial charge in [-0.15, -0.1) is 0 Å². The summed E-state index contributed by atoms with van der Waals surface area (Å²) in [5.74, 6) is 0.108. The lowest BCUT2D eigenvalue weighted by Gasteiger charge is -2.06. The van der Waals surface area contributed by atoms with Gasteiger partial charge in [-0.2, -0.15) is 0 Å². The Morgan fingerprint density at radius 2 is 2.00 bits per heavy atom. The highest BCUT2D eigenvalue weighted by molar-refractivity contribution is 5.75. The number of amides is 1. The van der Waals surface area contributed by atoms with E-state index in [1.165, 1.54) is 0 Å². The molecule has 0 aliphatic rings. The first-order valence-electron chi connectivity index (χ1n) is 6.35. The average molecular weight is 242 g/mol. The normalized spacial score (nSPS) is 10.2. The number of rotatable bonds is 11. The molecule has 0 saturated carbocycles. The van der Waals surface area contributed by atoms with Crippen LogP contribution >= 0.6 is 0 Å². The van der Waals surface area contributed by atoms with Crippen molar-refractivity contribution in [1.29, 1.82) is 0 Å². The molecular weight excluding hydrogens is 216 g/mol. The summed E-state index contributed by atoms with van der Waals surface area (Å²) in [5.41, 5.74) is 6.38. The van der Waals surface area contributed by atoms with E-state index in [9.17, 15) is 4.79 Å². The molecule has 3 N–H and O–H groups in total. The Hall–Kier alpha value is -0.870. The van der Waals surface area contributed by atoms with Crippen LogP contribution in [0.4, 0.5) is 0 Å². The Balaban J connectivity index is 3.20. The number of nitrogens with one attached hydrogen (secondary N) is 1. The minimum Gasteiger partial charge on any atom is -0.375 e. The molecule has 100 valence electrons. The number of carbonyl (C=O) groups excluding carboxylic acids is 1. The second-order valence-electron chi connectivity index (χ2n) is 4.31. The topological polar surface area (TPSA) is 64.3 Å². The van der Waals surface area contributed by atoms with Crippen LogP contribution in [0.1, 0.15) is 39.0 Å². The van der Waals surface area contributed by atoms with Gasteiger partial charge in [0.2, 0.25) is 5.91 Å². The molecule has 0 aliphatic carbocycles. The molecule has 0 unspecified atom stereocenters. The third-order valence-corrected chi connectivity index (χ3v) is 2.27. The quantitative estimate of drug-likeness (QED) is 0.427. The van der Waals surface area contributed by atoms with Gasteiger partial charge < -0.3 is 15.8 Å². The lowest BCUT2D eigenvalue weighted by molar-refractivity contribution is -0.121. The summed E-state index contributed by atoms with van der Waals surface area (Å²) in [7, 11) is 0. The van der Waals surface area contributed by atoms with Crippen molar-refractivity contribution < 1.29 is 9.53 Å². The lowest BCUT2D eigenvalue weighted by Crippen LogP contribution is -2.27. The van der Waals surface area contributed by atoms with Gasteiger partial charge in [0.15, 0.2) is 0 Å². The van der Waals surface area contributed by atoms with Crippen LogP contribution in [-0.2, 0) is 9.53 Å². The van der Waals surface area contributed by atoms with Gasteiger partial charge in [0.1, 0.15) is 0 Å². The van der Waals surface area contributed by atoms with E-state index in [2.05, 4.69) is 11.9 Å². The molecule has 0 aliphatic heterocycles. The molecule has 17 heavy (non-hydrogen) atoms. The summed E-state index contributed by atoms with van der Waals surface area (Å²) in [5, 5.41) is 2.83. The SMILES string of the molecule is C=C(C)COCCNC(=O)CCCCCCN. The second kappa shape index (κ2) is 11.6. The summed E-state index contributed by atoms with van der Waals surface area (Å²) in [6.07, 6.45) is 4.79. The first-order chi connectivity index (χ1) is 8.16. The number of hydrogen-bond donors (Lipinski definition) is 2. The highest BCUT2D eigenvalue weighted by atomic mass is 16.5. The van der Waals surface area contributed by atoms with E-state index in [0.717, 1.165) is 37.8 Å². The highest BCUT2D eigenvalue weighted by Gasteiger charge is 1.99. The smallest absolute Gasteiger partial charge is 0.220 e. The first kappa shape index (κ1) is 16.1. The summed E-state index contributed by atoms with van der Waals surface area (Å²) in [6, 6.07) is 0. The van der Waals surface area contributed by atoms with E-state index in [1.54, 1.807) is 0 Å². The minimum absolute atomic E-state index is 0.108. The Bertz CT molecular complexity index is 217. The molecule has 0 bridgehead atoms. The first-order valence-corrected chi connectivity index (χ1v) is 6.35. The standard InChI is InChI=1S/C13H26N2O2/c1-12(2)11-17-10-9-15-13(16)7-5-3-4-6-8-14/h1,3-11,14H2,2H3,(H,15,16). The third kappa shape index (κ3) is 13.1. The maximum atomic E-state index is 11.4. The zero-order chi connectivity index (χ0) is 12.9. The largest absolute Gasteiger partial charge is 0.375 e. The summed E-state index contributed by atoms with van der Waals surface area (Å²) in [6.45, 7) is 8.08. The second-order valence-corrected chi connectivity index (χ2v) is 4.31. The van der Waals surface area contributed by atoms with Gasteiger partial charge in [-0.3, -0.25) is 4.79 Å². The maximum absolute atomic E-state index is 11.4. The molecule has 0 fully saturated rings. The predicted octanol–water partition coefficient (Wildman–Crippen LogP) is 1.60. The van der Waals surface area contributed by atoms with Crippen LogP contribution in [0, 0.1) is 0 Å². The lowest BCUT2D eigenvalue weighted by atomic mass is 10.1. The number of ether oxygens (including phenoxy) is 1. The van der Waals surface area contributed by atoms with Gasteiger partial charge in [-0.05, 0) is 26.3 Å². The number of nitrogens with two attached hydrogens (primary N) is 1. The highest BCUT2D eigenvalue weighted by Crippen LogP contribution is 2.01. The third-order valence-electron chi connectivity index (χ3n) is 2.27.